The van der Waals surface area contributed by atoms with Gasteiger partial charge in [-0.2, -0.15) is 4.98 Å². The number of hydrogen-bond donors (Lipinski definition) is 0. The summed E-state index contributed by atoms with van der Waals surface area (Å²) >= 11 is 0. The summed E-state index contributed by atoms with van der Waals surface area (Å²) in [5.41, 5.74) is 1.82. The zero-order valence-electron chi connectivity index (χ0n) is 15.3. The number of aryl methyl sites for hydroxylation is 3. The Morgan fingerprint density at radius 3 is 2.64 bits per heavy atom. The van der Waals surface area contributed by atoms with Gasteiger partial charge in [-0.15, -0.1) is 0 Å². The standard InChI is InChI=1S/C17H25N5O3/c1-5-13-12(15(6-2)24-20-13)9-16(23)22-8-7-21(4)14(10-22)17-18-11(3)19-25-17/h14H,5-10H2,1-4H3. The topological polar surface area (TPSA) is 88.5 Å². The van der Waals surface area contributed by atoms with Crippen LogP contribution in [0.2, 0.25) is 0 Å². The summed E-state index contributed by atoms with van der Waals surface area (Å²) in [7, 11) is 2.01. The van der Waals surface area contributed by atoms with Crippen molar-refractivity contribution in [3.05, 3.63) is 28.7 Å². The highest BCUT2D eigenvalue weighted by atomic mass is 16.5. The summed E-state index contributed by atoms with van der Waals surface area (Å²) in [5, 5.41) is 7.96. The van der Waals surface area contributed by atoms with Crippen molar-refractivity contribution in [3.8, 4) is 0 Å². The van der Waals surface area contributed by atoms with Crippen LogP contribution < -0.4 is 0 Å². The van der Waals surface area contributed by atoms with Gasteiger partial charge in [0.15, 0.2) is 5.82 Å². The van der Waals surface area contributed by atoms with E-state index in [0.717, 1.165) is 36.4 Å². The smallest absolute Gasteiger partial charge is 0.245 e. The van der Waals surface area contributed by atoms with Crippen LogP contribution >= 0.6 is 0 Å². The first-order valence-corrected chi connectivity index (χ1v) is 8.78. The maximum Gasteiger partial charge on any atom is 0.245 e. The van der Waals surface area contributed by atoms with Gasteiger partial charge in [-0.25, -0.2) is 0 Å². The van der Waals surface area contributed by atoms with E-state index in [1.807, 2.05) is 25.8 Å². The normalized spacial score (nSPS) is 18.7. The SMILES string of the molecule is CCc1noc(CC)c1CC(=O)N1CCN(C)C(c2nc(C)no2)C1. The van der Waals surface area contributed by atoms with Crippen LogP contribution in [0.3, 0.4) is 0 Å². The van der Waals surface area contributed by atoms with Crippen molar-refractivity contribution in [2.24, 2.45) is 0 Å². The molecule has 1 aliphatic rings. The lowest BCUT2D eigenvalue weighted by Crippen LogP contribution is -2.49. The third kappa shape index (κ3) is 3.58. The van der Waals surface area contributed by atoms with Gasteiger partial charge >= 0.3 is 0 Å². The molecule has 1 atom stereocenters. The largest absolute Gasteiger partial charge is 0.361 e. The molecule has 0 saturated carbocycles. The molecule has 0 aliphatic carbocycles. The molecule has 0 aromatic carbocycles. The molecule has 1 aliphatic heterocycles. The molecule has 1 saturated heterocycles. The second-order valence-electron chi connectivity index (χ2n) is 6.43. The number of likely N-dealkylation sites (N-methyl/N-ethyl adjacent to an activating group) is 1. The van der Waals surface area contributed by atoms with Crippen molar-refractivity contribution >= 4 is 5.91 Å². The molecule has 3 heterocycles. The van der Waals surface area contributed by atoms with Crippen LogP contribution in [-0.2, 0) is 24.1 Å². The van der Waals surface area contributed by atoms with E-state index in [9.17, 15) is 4.79 Å². The number of nitrogens with zero attached hydrogens (tertiary/aromatic N) is 5. The lowest BCUT2D eigenvalue weighted by Gasteiger charge is -2.37. The number of amides is 1. The summed E-state index contributed by atoms with van der Waals surface area (Å²) in [6.45, 7) is 7.83. The lowest BCUT2D eigenvalue weighted by atomic mass is 10.0. The average Bonchev–Trinajstić information content (AvgIpc) is 3.21. The highest BCUT2D eigenvalue weighted by molar-refractivity contribution is 5.79. The quantitative estimate of drug-likeness (QED) is 0.810. The minimum absolute atomic E-state index is 0.0716. The lowest BCUT2D eigenvalue weighted by molar-refractivity contribution is -0.133. The minimum atomic E-state index is -0.0716. The molecule has 2 aromatic rings. The highest BCUT2D eigenvalue weighted by Crippen LogP contribution is 2.24. The van der Waals surface area contributed by atoms with Crippen molar-refractivity contribution in [1.82, 2.24) is 25.1 Å². The minimum Gasteiger partial charge on any atom is -0.361 e. The molecule has 1 amide bonds. The fraction of sp³-hybridized carbons (Fsp3) is 0.647. The van der Waals surface area contributed by atoms with Gasteiger partial charge in [0.1, 0.15) is 11.8 Å². The van der Waals surface area contributed by atoms with Crippen molar-refractivity contribution < 1.29 is 13.8 Å². The molecule has 2 aromatic heterocycles. The molecule has 25 heavy (non-hydrogen) atoms. The fourth-order valence-electron chi connectivity index (χ4n) is 3.22. The number of rotatable bonds is 5. The first kappa shape index (κ1) is 17.6. The molecule has 136 valence electrons. The number of hydrogen-bond acceptors (Lipinski definition) is 7. The zero-order valence-corrected chi connectivity index (χ0v) is 15.3. The van der Waals surface area contributed by atoms with Gasteiger partial charge in [0.2, 0.25) is 11.8 Å². The molecule has 1 unspecified atom stereocenters. The third-order valence-electron chi connectivity index (χ3n) is 4.76. The van der Waals surface area contributed by atoms with Crippen LogP contribution in [0.4, 0.5) is 0 Å². The second kappa shape index (κ2) is 7.35. The Hall–Kier alpha value is -2.22. The van der Waals surface area contributed by atoms with E-state index in [1.54, 1.807) is 6.92 Å². The predicted molar refractivity (Wildman–Crippen MR) is 89.9 cm³/mol. The Morgan fingerprint density at radius 2 is 2.00 bits per heavy atom. The summed E-state index contributed by atoms with van der Waals surface area (Å²) in [4.78, 5) is 21.2. The van der Waals surface area contributed by atoms with Crippen LogP contribution in [0.1, 0.15) is 48.6 Å². The first-order chi connectivity index (χ1) is 12.0. The number of piperazine rings is 1. The van der Waals surface area contributed by atoms with Crippen LogP contribution in [0.5, 0.6) is 0 Å². The Morgan fingerprint density at radius 1 is 1.20 bits per heavy atom. The van der Waals surface area contributed by atoms with Crippen LogP contribution in [0, 0.1) is 6.92 Å². The third-order valence-corrected chi connectivity index (χ3v) is 4.76. The molecule has 0 N–H and O–H groups in total. The van der Waals surface area contributed by atoms with Gasteiger partial charge < -0.3 is 13.9 Å². The van der Waals surface area contributed by atoms with Gasteiger partial charge in [-0.05, 0) is 20.4 Å². The van der Waals surface area contributed by atoms with E-state index in [2.05, 4.69) is 20.2 Å². The fourth-order valence-corrected chi connectivity index (χ4v) is 3.22. The molecule has 0 radical (unpaired) electrons. The van der Waals surface area contributed by atoms with E-state index < -0.39 is 0 Å². The van der Waals surface area contributed by atoms with E-state index in [0.29, 0.717) is 31.2 Å². The molecule has 8 nitrogen and oxygen atoms in total. The molecule has 0 spiro atoms. The van der Waals surface area contributed by atoms with Crippen LogP contribution in [0.15, 0.2) is 9.05 Å². The Balaban J connectivity index is 1.73. The molecular formula is C17H25N5O3. The number of carbonyl (C=O) groups is 1. The second-order valence-corrected chi connectivity index (χ2v) is 6.43. The maximum absolute atomic E-state index is 12.9. The Kier molecular flexibility index (Phi) is 5.17. The summed E-state index contributed by atoms with van der Waals surface area (Å²) in [6.07, 6.45) is 1.83. The van der Waals surface area contributed by atoms with Crippen LogP contribution in [0.25, 0.3) is 0 Å². The summed E-state index contributed by atoms with van der Waals surface area (Å²) in [5.74, 6) is 2.06. The van der Waals surface area contributed by atoms with Crippen molar-refractivity contribution in [1.29, 1.82) is 0 Å². The van der Waals surface area contributed by atoms with Gasteiger partial charge in [0.05, 0.1) is 12.1 Å². The predicted octanol–water partition coefficient (Wildman–Crippen LogP) is 1.55. The molecule has 3 rings (SSSR count). The highest BCUT2D eigenvalue weighted by Gasteiger charge is 2.32. The summed E-state index contributed by atoms with van der Waals surface area (Å²) in [6, 6.07) is -0.0716. The monoisotopic (exact) mass is 347 g/mol. The molecule has 1 fully saturated rings. The van der Waals surface area contributed by atoms with Crippen LogP contribution in [-0.4, -0.2) is 57.7 Å². The first-order valence-electron chi connectivity index (χ1n) is 8.78. The molecule has 8 heteroatoms. The van der Waals surface area contributed by atoms with Crippen molar-refractivity contribution in [2.75, 3.05) is 26.7 Å². The molecular weight excluding hydrogens is 322 g/mol. The van der Waals surface area contributed by atoms with Crippen molar-refractivity contribution in [3.63, 3.8) is 0 Å². The summed E-state index contributed by atoms with van der Waals surface area (Å²) < 4.78 is 10.7. The van der Waals surface area contributed by atoms with E-state index in [1.165, 1.54) is 0 Å². The van der Waals surface area contributed by atoms with Gasteiger partial charge in [0.25, 0.3) is 0 Å². The van der Waals surface area contributed by atoms with Gasteiger partial charge in [0, 0.05) is 31.6 Å². The number of carbonyl (C=O) groups excluding carboxylic acids is 1. The maximum atomic E-state index is 12.9. The van der Waals surface area contributed by atoms with E-state index >= 15 is 0 Å². The Labute approximate surface area is 147 Å². The van der Waals surface area contributed by atoms with E-state index in [4.69, 9.17) is 9.05 Å². The zero-order chi connectivity index (χ0) is 18.0. The van der Waals surface area contributed by atoms with Gasteiger partial charge in [-0.1, -0.05) is 24.2 Å². The molecule has 0 bridgehead atoms. The van der Waals surface area contributed by atoms with Gasteiger partial charge in [-0.3, -0.25) is 9.69 Å². The number of aromatic nitrogens is 3. The van der Waals surface area contributed by atoms with E-state index in [-0.39, 0.29) is 11.9 Å². The Bertz CT molecular complexity index is 717. The average molecular weight is 347 g/mol. The van der Waals surface area contributed by atoms with Crippen molar-refractivity contribution in [2.45, 2.75) is 46.1 Å².